The molecule has 0 radical (unpaired) electrons. The van der Waals surface area contributed by atoms with Gasteiger partial charge in [-0.2, -0.15) is 0 Å². The quantitative estimate of drug-likeness (QED) is 0.651. The third kappa shape index (κ3) is 5.85. The van der Waals surface area contributed by atoms with Gasteiger partial charge in [0.05, 0.1) is 6.04 Å². The molecule has 30 heavy (non-hydrogen) atoms. The third-order valence-corrected chi connectivity index (χ3v) is 4.76. The standard InChI is InChI=1S/C20H21ClF2N4O3/c1-10-7-16(26-20(24-10)27-18(28)12-3-4-12)19(29)25-11(2)14-6-5-13(8-15(14)21)30-9-17(22)23/h5-8,11-12,17H,3-4,9H2,1-2H3,(H,25,29)(H,24,26,27,28). The van der Waals surface area contributed by atoms with Crippen LogP contribution in [0.5, 0.6) is 5.75 Å². The van der Waals surface area contributed by atoms with Crippen LogP contribution in [0.2, 0.25) is 5.02 Å². The summed E-state index contributed by atoms with van der Waals surface area (Å²) in [6, 6.07) is 5.54. The Morgan fingerprint density at radius 1 is 1.27 bits per heavy atom. The van der Waals surface area contributed by atoms with Crippen LogP contribution in [-0.2, 0) is 4.79 Å². The van der Waals surface area contributed by atoms with Gasteiger partial charge in [0.1, 0.15) is 18.1 Å². The van der Waals surface area contributed by atoms with E-state index in [2.05, 4.69) is 20.6 Å². The van der Waals surface area contributed by atoms with Crippen molar-refractivity contribution in [2.45, 2.75) is 39.2 Å². The summed E-state index contributed by atoms with van der Waals surface area (Å²) in [6.45, 7) is 2.70. The lowest BCUT2D eigenvalue weighted by molar-refractivity contribution is -0.117. The van der Waals surface area contributed by atoms with E-state index in [1.165, 1.54) is 18.2 Å². The summed E-state index contributed by atoms with van der Waals surface area (Å²) in [5.41, 5.74) is 1.23. The molecule has 1 heterocycles. The maximum atomic E-state index is 12.7. The normalized spacial score (nSPS) is 14.3. The number of amides is 2. The van der Waals surface area contributed by atoms with Gasteiger partial charge in [0, 0.05) is 16.6 Å². The number of nitrogens with one attached hydrogen (secondary N) is 2. The topological polar surface area (TPSA) is 93.2 Å². The van der Waals surface area contributed by atoms with Crippen LogP contribution in [0.25, 0.3) is 0 Å². The Hall–Kier alpha value is -2.81. The van der Waals surface area contributed by atoms with Crippen molar-refractivity contribution in [3.05, 3.63) is 46.2 Å². The maximum Gasteiger partial charge on any atom is 0.272 e. The highest BCUT2D eigenvalue weighted by Gasteiger charge is 2.30. The van der Waals surface area contributed by atoms with Gasteiger partial charge in [-0.15, -0.1) is 0 Å². The number of anilines is 1. The molecular formula is C20H21ClF2N4O3. The lowest BCUT2D eigenvalue weighted by Crippen LogP contribution is -2.28. The summed E-state index contributed by atoms with van der Waals surface area (Å²) in [7, 11) is 0. The van der Waals surface area contributed by atoms with E-state index in [-0.39, 0.29) is 34.2 Å². The number of hydrogen-bond donors (Lipinski definition) is 2. The predicted molar refractivity (Wildman–Crippen MR) is 107 cm³/mol. The number of ether oxygens (including phenoxy) is 1. The first-order valence-corrected chi connectivity index (χ1v) is 9.78. The van der Waals surface area contributed by atoms with Crippen molar-refractivity contribution in [1.82, 2.24) is 15.3 Å². The SMILES string of the molecule is Cc1cc(C(=O)NC(C)c2ccc(OCC(F)F)cc2Cl)nc(NC(=O)C2CC2)n1. The first-order valence-electron chi connectivity index (χ1n) is 9.40. The summed E-state index contributed by atoms with van der Waals surface area (Å²) in [4.78, 5) is 32.9. The summed E-state index contributed by atoms with van der Waals surface area (Å²) < 4.78 is 29.5. The number of carbonyl (C=O) groups excluding carboxylic acids is 2. The minimum atomic E-state index is -2.59. The molecule has 1 unspecified atom stereocenters. The van der Waals surface area contributed by atoms with Crippen LogP contribution < -0.4 is 15.4 Å². The van der Waals surface area contributed by atoms with E-state index in [1.807, 2.05) is 0 Å². The van der Waals surface area contributed by atoms with Gasteiger partial charge in [0.15, 0.2) is 0 Å². The molecule has 160 valence electrons. The van der Waals surface area contributed by atoms with E-state index in [1.54, 1.807) is 19.9 Å². The number of alkyl halides is 2. The Morgan fingerprint density at radius 2 is 2.00 bits per heavy atom. The van der Waals surface area contributed by atoms with Gasteiger partial charge >= 0.3 is 0 Å². The first kappa shape index (κ1) is 21.9. The van der Waals surface area contributed by atoms with Gasteiger partial charge in [-0.25, -0.2) is 18.7 Å². The molecule has 7 nitrogen and oxygen atoms in total. The summed E-state index contributed by atoms with van der Waals surface area (Å²) in [5.74, 6) is -0.334. The summed E-state index contributed by atoms with van der Waals surface area (Å²) >= 11 is 6.22. The molecule has 1 aliphatic carbocycles. The van der Waals surface area contributed by atoms with E-state index in [0.29, 0.717) is 11.3 Å². The zero-order valence-electron chi connectivity index (χ0n) is 16.4. The van der Waals surface area contributed by atoms with Crippen LogP contribution in [0.15, 0.2) is 24.3 Å². The van der Waals surface area contributed by atoms with Gasteiger partial charge in [0.25, 0.3) is 12.3 Å². The van der Waals surface area contributed by atoms with Crippen LogP contribution >= 0.6 is 11.6 Å². The minimum Gasteiger partial charge on any atom is -0.488 e. The van der Waals surface area contributed by atoms with Crippen LogP contribution in [0.1, 0.15) is 47.6 Å². The van der Waals surface area contributed by atoms with Gasteiger partial charge in [0.2, 0.25) is 11.9 Å². The van der Waals surface area contributed by atoms with Crippen molar-refractivity contribution in [1.29, 1.82) is 0 Å². The molecule has 0 aliphatic heterocycles. The molecule has 2 N–H and O–H groups in total. The Morgan fingerprint density at radius 3 is 2.63 bits per heavy atom. The maximum absolute atomic E-state index is 12.7. The van der Waals surface area contributed by atoms with E-state index in [0.717, 1.165) is 12.8 Å². The molecule has 1 atom stereocenters. The van der Waals surface area contributed by atoms with Crippen LogP contribution in [-0.4, -0.2) is 34.8 Å². The average molecular weight is 439 g/mol. The number of halogens is 3. The number of hydrogen-bond acceptors (Lipinski definition) is 5. The molecule has 3 rings (SSSR count). The first-order chi connectivity index (χ1) is 14.2. The van der Waals surface area contributed by atoms with Crippen LogP contribution in [0.4, 0.5) is 14.7 Å². The molecule has 0 bridgehead atoms. The Labute approximate surface area is 177 Å². The Bertz CT molecular complexity index is 954. The molecule has 0 spiro atoms. The van der Waals surface area contributed by atoms with Gasteiger partial charge in [-0.05, 0) is 50.5 Å². The molecule has 1 fully saturated rings. The van der Waals surface area contributed by atoms with Crippen LogP contribution in [0.3, 0.4) is 0 Å². The minimum absolute atomic E-state index is 0.0128. The number of nitrogens with zero attached hydrogens (tertiary/aromatic N) is 2. The summed E-state index contributed by atoms with van der Waals surface area (Å²) in [5, 5.41) is 5.68. The second-order valence-electron chi connectivity index (χ2n) is 7.06. The predicted octanol–water partition coefficient (Wildman–Crippen LogP) is 3.92. The van der Waals surface area contributed by atoms with Crippen molar-refractivity contribution in [3.8, 4) is 5.75 Å². The zero-order chi connectivity index (χ0) is 21.8. The Kier molecular flexibility index (Phi) is 6.81. The van der Waals surface area contributed by atoms with E-state index >= 15 is 0 Å². The highest BCUT2D eigenvalue weighted by atomic mass is 35.5. The average Bonchev–Trinajstić information content (AvgIpc) is 3.51. The lowest BCUT2D eigenvalue weighted by atomic mass is 10.1. The smallest absolute Gasteiger partial charge is 0.272 e. The molecule has 1 aromatic carbocycles. The fourth-order valence-corrected chi connectivity index (χ4v) is 3.09. The zero-order valence-corrected chi connectivity index (χ0v) is 17.2. The molecule has 10 heteroatoms. The number of benzene rings is 1. The van der Waals surface area contributed by atoms with Crippen molar-refractivity contribution in [2.75, 3.05) is 11.9 Å². The highest BCUT2D eigenvalue weighted by molar-refractivity contribution is 6.31. The van der Waals surface area contributed by atoms with E-state index < -0.39 is 25.0 Å². The second-order valence-corrected chi connectivity index (χ2v) is 7.47. The number of aromatic nitrogens is 2. The monoisotopic (exact) mass is 438 g/mol. The third-order valence-electron chi connectivity index (χ3n) is 4.43. The summed E-state index contributed by atoms with van der Waals surface area (Å²) in [6.07, 6.45) is -0.901. The van der Waals surface area contributed by atoms with Crippen molar-refractivity contribution in [2.24, 2.45) is 5.92 Å². The van der Waals surface area contributed by atoms with Crippen molar-refractivity contribution >= 4 is 29.4 Å². The molecular weight excluding hydrogens is 418 g/mol. The van der Waals surface area contributed by atoms with Crippen LogP contribution in [0, 0.1) is 12.8 Å². The Balaban J connectivity index is 1.67. The number of rotatable bonds is 8. The molecule has 2 aromatic rings. The number of carbonyl (C=O) groups is 2. The van der Waals surface area contributed by atoms with E-state index in [9.17, 15) is 18.4 Å². The van der Waals surface area contributed by atoms with E-state index in [4.69, 9.17) is 16.3 Å². The molecule has 1 saturated carbocycles. The molecule has 1 aliphatic rings. The fourth-order valence-electron chi connectivity index (χ4n) is 2.75. The van der Waals surface area contributed by atoms with Gasteiger partial charge in [-0.3, -0.25) is 14.9 Å². The molecule has 2 amide bonds. The van der Waals surface area contributed by atoms with Gasteiger partial charge in [-0.1, -0.05) is 17.7 Å². The lowest BCUT2D eigenvalue weighted by Gasteiger charge is -2.17. The van der Waals surface area contributed by atoms with Crippen molar-refractivity contribution in [3.63, 3.8) is 0 Å². The second kappa shape index (κ2) is 9.34. The molecule has 1 aromatic heterocycles. The number of aryl methyl sites for hydroxylation is 1. The largest absolute Gasteiger partial charge is 0.488 e. The highest BCUT2D eigenvalue weighted by Crippen LogP contribution is 2.30. The fraction of sp³-hybridized carbons (Fsp3) is 0.400. The van der Waals surface area contributed by atoms with Gasteiger partial charge < -0.3 is 10.1 Å². The molecule has 0 saturated heterocycles. The van der Waals surface area contributed by atoms with Crippen molar-refractivity contribution < 1.29 is 23.1 Å².